The van der Waals surface area contributed by atoms with Crippen LogP contribution in [0.2, 0.25) is 0 Å². The van der Waals surface area contributed by atoms with Gasteiger partial charge in [-0.25, -0.2) is 0 Å². The SMILES string of the molecule is CCC(C)Oc1cccc(C(=O)NNC(=O)c2cccc(C)c2)c1. The van der Waals surface area contributed by atoms with Crippen molar-refractivity contribution < 1.29 is 14.3 Å². The lowest BCUT2D eigenvalue weighted by atomic mass is 10.1. The first-order valence-corrected chi connectivity index (χ1v) is 7.93. The van der Waals surface area contributed by atoms with E-state index in [1.165, 1.54) is 0 Å². The molecule has 0 spiro atoms. The highest BCUT2D eigenvalue weighted by atomic mass is 16.5. The molecule has 126 valence electrons. The molecule has 5 heteroatoms. The fourth-order valence-corrected chi connectivity index (χ4v) is 2.07. The molecule has 0 heterocycles. The van der Waals surface area contributed by atoms with Gasteiger partial charge < -0.3 is 4.74 Å². The molecule has 0 aromatic heterocycles. The third-order valence-electron chi connectivity index (χ3n) is 3.58. The van der Waals surface area contributed by atoms with E-state index in [1.54, 1.807) is 42.5 Å². The Balaban J connectivity index is 1.97. The Morgan fingerprint density at radius 3 is 2.17 bits per heavy atom. The van der Waals surface area contributed by atoms with E-state index in [9.17, 15) is 9.59 Å². The highest BCUT2D eigenvalue weighted by Gasteiger charge is 2.10. The number of aryl methyl sites for hydroxylation is 1. The standard InChI is InChI=1S/C19H22N2O3/c1-4-14(3)24-17-10-6-9-16(12-17)19(23)21-20-18(22)15-8-5-7-13(2)11-15/h5-12,14H,4H2,1-3H3,(H,20,22)(H,21,23). The molecule has 0 aliphatic carbocycles. The summed E-state index contributed by atoms with van der Waals surface area (Å²) in [6, 6.07) is 14.0. The van der Waals surface area contributed by atoms with E-state index in [4.69, 9.17) is 4.74 Å². The number of carbonyl (C=O) groups excluding carboxylic acids is 2. The molecular weight excluding hydrogens is 304 g/mol. The maximum atomic E-state index is 12.2. The Morgan fingerprint density at radius 2 is 1.58 bits per heavy atom. The fourth-order valence-electron chi connectivity index (χ4n) is 2.07. The lowest BCUT2D eigenvalue weighted by Gasteiger charge is -2.13. The van der Waals surface area contributed by atoms with Crippen LogP contribution in [0.5, 0.6) is 5.75 Å². The lowest BCUT2D eigenvalue weighted by molar-refractivity contribution is 0.0846. The maximum absolute atomic E-state index is 12.2. The zero-order valence-corrected chi connectivity index (χ0v) is 14.1. The van der Waals surface area contributed by atoms with Crippen LogP contribution in [-0.4, -0.2) is 17.9 Å². The third-order valence-corrected chi connectivity index (χ3v) is 3.58. The summed E-state index contributed by atoms with van der Waals surface area (Å²) in [5, 5.41) is 0. The molecule has 0 aliphatic rings. The van der Waals surface area contributed by atoms with Gasteiger partial charge in [0.05, 0.1) is 6.10 Å². The highest BCUT2D eigenvalue weighted by molar-refractivity contribution is 5.99. The van der Waals surface area contributed by atoms with E-state index in [0.717, 1.165) is 12.0 Å². The number of ether oxygens (including phenoxy) is 1. The summed E-state index contributed by atoms with van der Waals surface area (Å²) in [5.41, 5.74) is 6.72. The van der Waals surface area contributed by atoms with E-state index < -0.39 is 5.91 Å². The number of hydrazine groups is 1. The van der Waals surface area contributed by atoms with Gasteiger partial charge in [0, 0.05) is 11.1 Å². The molecule has 1 unspecified atom stereocenters. The summed E-state index contributed by atoms with van der Waals surface area (Å²) in [5.74, 6) is -0.133. The Labute approximate surface area is 142 Å². The average molecular weight is 326 g/mol. The van der Waals surface area contributed by atoms with Crippen molar-refractivity contribution in [2.24, 2.45) is 0 Å². The number of hydrogen-bond donors (Lipinski definition) is 2. The minimum atomic E-state index is -0.398. The number of carbonyl (C=O) groups is 2. The summed E-state index contributed by atoms with van der Waals surface area (Å²) < 4.78 is 5.70. The number of benzene rings is 2. The quantitative estimate of drug-likeness (QED) is 0.829. The van der Waals surface area contributed by atoms with E-state index >= 15 is 0 Å². The van der Waals surface area contributed by atoms with Gasteiger partial charge in [0.25, 0.3) is 11.8 Å². The Bertz CT molecular complexity index is 728. The molecule has 0 radical (unpaired) electrons. The van der Waals surface area contributed by atoms with Crippen LogP contribution in [0.1, 0.15) is 46.5 Å². The molecule has 0 saturated heterocycles. The number of amides is 2. The second kappa shape index (κ2) is 8.15. The monoisotopic (exact) mass is 326 g/mol. The van der Waals surface area contributed by atoms with Gasteiger partial charge in [-0.1, -0.05) is 30.7 Å². The van der Waals surface area contributed by atoms with Crippen molar-refractivity contribution in [1.29, 1.82) is 0 Å². The zero-order valence-electron chi connectivity index (χ0n) is 14.1. The molecule has 2 rings (SSSR count). The molecule has 0 aliphatic heterocycles. The van der Waals surface area contributed by atoms with E-state index in [0.29, 0.717) is 16.9 Å². The van der Waals surface area contributed by atoms with Crippen LogP contribution < -0.4 is 15.6 Å². The molecule has 0 fully saturated rings. The Morgan fingerprint density at radius 1 is 1.00 bits per heavy atom. The van der Waals surface area contributed by atoms with Crippen LogP contribution in [0.15, 0.2) is 48.5 Å². The summed E-state index contributed by atoms with van der Waals surface area (Å²) in [6.07, 6.45) is 0.951. The maximum Gasteiger partial charge on any atom is 0.269 e. The fraction of sp³-hybridized carbons (Fsp3) is 0.263. The van der Waals surface area contributed by atoms with Crippen LogP contribution in [0.3, 0.4) is 0 Å². The smallest absolute Gasteiger partial charge is 0.269 e. The largest absolute Gasteiger partial charge is 0.491 e. The molecular formula is C19H22N2O3. The van der Waals surface area contributed by atoms with Crippen molar-refractivity contribution in [3.05, 3.63) is 65.2 Å². The van der Waals surface area contributed by atoms with Gasteiger partial charge in [0.15, 0.2) is 0 Å². The summed E-state index contributed by atoms with van der Waals surface area (Å²) >= 11 is 0. The van der Waals surface area contributed by atoms with Gasteiger partial charge >= 0.3 is 0 Å². The summed E-state index contributed by atoms with van der Waals surface area (Å²) in [4.78, 5) is 24.2. The van der Waals surface area contributed by atoms with Crippen molar-refractivity contribution in [2.45, 2.75) is 33.3 Å². The number of nitrogens with one attached hydrogen (secondary N) is 2. The Hall–Kier alpha value is -2.82. The van der Waals surface area contributed by atoms with Gasteiger partial charge in [0.1, 0.15) is 5.75 Å². The van der Waals surface area contributed by atoms with Crippen molar-refractivity contribution >= 4 is 11.8 Å². The highest BCUT2D eigenvalue weighted by Crippen LogP contribution is 2.15. The van der Waals surface area contributed by atoms with Gasteiger partial charge in [-0.2, -0.15) is 0 Å². The predicted molar refractivity (Wildman–Crippen MR) is 92.9 cm³/mol. The first-order chi connectivity index (χ1) is 11.5. The summed E-state index contributed by atoms with van der Waals surface area (Å²) in [7, 11) is 0. The predicted octanol–water partition coefficient (Wildman–Crippen LogP) is 3.25. The minimum Gasteiger partial charge on any atom is -0.491 e. The molecule has 24 heavy (non-hydrogen) atoms. The molecule has 2 amide bonds. The van der Waals surface area contributed by atoms with Crippen LogP contribution in [-0.2, 0) is 0 Å². The van der Waals surface area contributed by atoms with Crippen LogP contribution in [0.25, 0.3) is 0 Å². The van der Waals surface area contributed by atoms with E-state index in [2.05, 4.69) is 10.9 Å². The molecule has 2 aromatic carbocycles. The van der Waals surface area contributed by atoms with Crippen LogP contribution in [0.4, 0.5) is 0 Å². The van der Waals surface area contributed by atoms with Crippen molar-refractivity contribution in [2.75, 3.05) is 0 Å². The lowest BCUT2D eigenvalue weighted by Crippen LogP contribution is -2.41. The first-order valence-electron chi connectivity index (χ1n) is 7.93. The summed E-state index contributed by atoms with van der Waals surface area (Å²) in [6.45, 7) is 5.90. The van der Waals surface area contributed by atoms with Gasteiger partial charge in [-0.3, -0.25) is 20.4 Å². The molecule has 2 aromatic rings. The zero-order chi connectivity index (χ0) is 17.5. The Kier molecular flexibility index (Phi) is 5.95. The molecule has 0 saturated carbocycles. The molecule has 5 nitrogen and oxygen atoms in total. The van der Waals surface area contributed by atoms with Crippen molar-refractivity contribution in [3.63, 3.8) is 0 Å². The molecule has 0 bridgehead atoms. The number of hydrogen-bond acceptors (Lipinski definition) is 3. The first kappa shape index (κ1) is 17.5. The van der Waals surface area contributed by atoms with Crippen LogP contribution in [0, 0.1) is 6.92 Å². The minimum absolute atomic E-state index is 0.0735. The van der Waals surface area contributed by atoms with Gasteiger partial charge in [-0.05, 0) is 50.6 Å². The van der Waals surface area contributed by atoms with Crippen molar-refractivity contribution in [1.82, 2.24) is 10.9 Å². The normalized spacial score (nSPS) is 11.5. The topological polar surface area (TPSA) is 67.4 Å². The second-order valence-electron chi connectivity index (χ2n) is 5.64. The number of rotatable bonds is 5. The molecule has 1 atom stereocenters. The van der Waals surface area contributed by atoms with E-state index in [1.807, 2.05) is 26.8 Å². The second-order valence-corrected chi connectivity index (χ2v) is 5.64. The van der Waals surface area contributed by atoms with Gasteiger partial charge in [-0.15, -0.1) is 0 Å². The molecule has 2 N–H and O–H groups in total. The van der Waals surface area contributed by atoms with E-state index in [-0.39, 0.29) is 12.0 Å². The van der Waals surface area contributed by atoms with Crippen LogP contribution >= 0.6 is 0 Å². The third kappa shape index (κ3) is 4.84. The van der Waals surface area contributed by atoms with Crippen molar-refractivity contribution in [3.8, 4) is 5.75 Å². The average Bonchev–Trinajstić information content (AvgIpc) is 2.59. The van der Waals surface area contributed by atoms with Gasteiger partial charge in [0.2, 0.25) is 0 Å².